The molecule has 0 atom stereocenters. The van der Waals surface area contributed by atoms with E-state index in [0.717, 1.165) is 39.7 Å². The number of benzene rings is 2. The molecule has 34 heavy (non-hydrogen) atoms. The summed E-state index contributed by atoms with van der Waals surface area (Å²) in [6.07, 6.45) is 0. The standard InChI is InChI=1S/C25H26N6OS2/c1-16-9-8-12-21(19(16)4)28-23(32)15-34-25-30-29-22(31(25)20-10-6-5-7-11-20)14-33-24-26-17(2)13-18(3)27-24/h5-13H,14-15H2,1-4H3,(H,28,32). The fourth-order valence-electron chi connectivity index (χ4n) is 3.41. The number of rotatable bonds is 8. The maximum atomic E-state index is 12.7. The Morgan fingerprint density at radius 1 is 0.912 bits per heavy atom. The van der Waals surface area contributed by atoms with Crippen LogP contribution in [-0.2, 0) is 10.5 Å². The molecule has 0 aliphatic carbocycles. The molecule has 174 valence electrons. The van der Waals surface area contributed by atoms with E-state index in [9.17, 15) is 4.79 Å². The van der Waals surface area contributed by atoms with Crippen LogP contribution in [0, 0.1) is 27.7 Å². The zero-order valence-electron chi connectivity index (χ0n) is 19.6. The van der Waals surface area contributed by atoms with E-state index >= 15 is 0 Å². The van der Waals surface area contributed by atoms with Crippen LogP contribution in [0.3, 0.4) is 0 Å². The molecular weight excluding hydrogens is 464 g/mol. The van der Waals surface area contributed by atoms with Gasteiger partial charge in [0.2, 0.25) is 5.91 Å². The number of nitrogens with one attached hydrogen (secondary N) is 1. The smallest absolute Gasteiger partial charge is 0.234 e. The van der Waals surface area contributed by atoms with Crippen LogP contribution in [0.1, 0.15) is 28.3 Å². The first kappa shape index (κ1) is 24.0. The summed E-state index contributed by atoms with van der Waals surface area (Å²) in [5.41, 5.74) is 5.87. The zero-order valence-corrected chi connectivity index (χ0v) is 21.2. The van der Waals surface area contributed by atoms with Crippen molar-refractivity contribution < 1.29 is 4.79 Å². The van der Waals surface area contributed by atoms with Crippen molar-refractivity contribution >= 4 is 35.1 Å². The lowest BCUT2D eigenvalue weighted by molar-refractivity contribution is -0.113. The molecule has 7 nitrogen and oxygen atoms in total. The largest absolute Gasteiger partial charge is 0.325 e. The Labute approximate surface area is 207 Å². The van der Waals surface area contributed by atoms with E-state index in [2.05, 4.69) is 25.5 Å². The number of thioether (sulfide) groups is 2. The van der Waals surface area contributed by atoms with Crippen LogP contribution in [0.25, 0.3) is 5.69 Å². The molecular formula is C25H26N6OS2. The topological polar surface area (TPSA) is 85.6 Å². The number of hydrogen-bond acceptors (Lipinski definition) is 7. The number of para-hydroxylation sites is 1. The molecule has 1 N–H and O–H groups in total. The first-order valence-electron chi connectivity index (χ1n) is 10.8. The highest BCUT2D eigenvalue weighted by Crippen LogP contribution is 2.27. The maximum Gasteiger partial charge on any atom is 0.234 e. The maximum absolute atomic E-state index is 12.7. The molecule has 0 aliphatic heterocycles. The molecule has 0 fully saturated rings. The normalized spacial score (nSPS) is 10.9. The number of carbonyl (C=O) groups is 1. The van der Waals surface area contributed by atoms with Gasteiger partial charge in [0.25, 0.3) is 0 Å². The molecule has 0 saturated carbocycles. The predicted octanol–water partition coefficient (Wildman–Crippen LogP) is 5.31. The highest BCUT2D eigenvalue weighted by molar-refractivity contribution is 7.99. The minimum absolute atomic E-state index is 0.0825. The molecule has 0 spiro atoms. The van der Waals surface area contributed by atoms with Crippen molar-refractivity contribution in [3.8, 4) is 5.69 Å². The van der Waals surface area contributed by atoms with Crippen LogP contribution in [0.2, 0.25) is 0 Å². The van der Waals surface area contributed by atoms with Crippen molar-refractivity contribution in [1.29, 1.82) is 0 Å². The molecule has 0 bridgehead atoms. The molecule has 2 aromatic carbocycles. The van der Waals surface area contributed by atoms with Gasteiger partial charge in [-0.1, -0.05) is 53.9 Å². The van der Waals surface area contributed by atoms with Crippen LogP contribution in [0.5, 0.6) is 0 Å². The predicted molar refractivity (Wildman–Crippen MR) is 138 cm³/mol. The number of carbonyl (C=O) groups excluding carboxylic acids is 1. The van der Waals surface area contributed by atoms with Gasteiger partial charge in [0.15, 0.2) is 10.3 Å². The summed E-state index contributed by atoms with van der Waals surface area (Å²) >= 11 is 2.88. The number of nitrogens with zero attached hydrogens (tertiary/aromatic N) is 5. The van der Waals surface area contributed by atoms with Gasteiger partial charge in [-0.15, -0.1) is 10.2 Å². The monoisotopic (exact) mass is 490 g/mol. The van der Waals surface area contributed by atoms with Crippen molar-refractivity contribution in [2.24, 2.45) is 0 Å². The van der Waals surface area contributed by atoms with E-state index in [-0.39, 0.29) is 11.7 Å². The number of hydrogen-bond donors (Lipinski definition) is 1. The van der Waals surface area contributed by atoms with E-state index in [1.54, 1.807) is 0 Å². The van der Waals surface area contributed by atoms with Crippen molar-refractivity contribution in [3.63, 3.8) is 0 Å². The third-order valence-corrected chi connectivity index (χ3v) is 6.99. The van der Waals surface area contributed by atoms with E-state index in [4.69, 9.17) is 0 Å². The molecule has 4 rings (SSSR count). The van der Waals surface area contributed by atoms with E-state index in [1.807, 2.05) is 86.9 Å². The van der Waals surface area contributed by atoms with Crippen molar-refractivity contribution in [3.05, 3.63) is 82.9 Å². The Hall–Kier alpha value is -3.17. The average Bonchev–Trinajstić information content (AvgIpc) is 3.22. The summed E-state index contributed by atoms with van der Waals surface area (Å²) in [6.45, 7) is 7.96. The lowest BCUT2D eigenvalue weighted by atomic mass is 10.1. The highest BCUT2D eigenvalue weighted by Gasteiger charge is 2.17. The summed E-state index contributed by atoms with van der Waals surface area (Å²) < 4.78 is 1.99. The third kappa shape index (κ3) is 5.84. The Morgan fingerprint density at radius 3 is 2.38 bits per heavy atom. The van der Waals surface area contributed by atoms with Gasteiger partial charge in [0.1, 0.15) is 5.82 Å². The molecule has 0 saturated heterocycles. The Balaban J connectivity index is 1.51. The van der Waals surface area contributed by atoms with E-state index < -0.39 is 0 Å². The first-order chi connectivity index (χ1) is 16.4. The van der Waals surface area contributed by atoms with Gasteiger partial charge < -0.3 is 5.32 Å². The Bertz CT molecular complexity index is 1290. The van der Waals surface area contributed by atoms with Gasteiger partial charge >= 0.3 is 0 Å². The van der Waals surface area contributed by atoms with Crippen LogP contribution in [-0.4, -0.2) is 36.4 Å². The van der Waals surface area contributed by atoms with Gasteiger partial charge in [-0.05, 0) is 63.1 Å². The third-order valence-electron chi connectivity index (χ3n) is 5.22. The van der Waals surface area contributed by atoms with E-state index in [1.165, 1.54) is 23.5 Å². The number of aryl methyl sites for hydroxylation is 3. The van der Waals surface area contributed by atoms with Crippen LogP contribution in [0.4, 0.5) is 5.69 Å². The van der Waals surface area contributed by atoms with Gasteiger partial charge in [-0.2, -0.15) is 0 Å². The van der Waals surface area contributed by atoms with Crippen molar-refractivity contribution in [1.82, 2.24) is 24.7 Å². The van der Waals surface area contributed by atoms with Crippen LogP contribution < -0.4 is 5.32 Å². The fraction of sp³-hybridized carbons (Fsp3) is 0.240. The quantitative estimate of drug-likeness (QED) is 0.264. The SMILES string of the molecule is Cc1cc(C)nc(SCc2nnc(SCC(=O)Nc3cccc(C)c3C)n2-c2ccccc2)n1. The summed E-state index contributed by atoms with van der Waals surface area (Å²) in [7, 11) is 0. The molecule has 0 aliphatic rings. The van der Waals surface area contributed by atoms with Crippen molar-refractivity contribution in [2.75, 3.05) is 11.1 Å². The Morgan fingerprint density at radius 2 is 1.65 bits per heavy atom. The number of anilines is 1. The number of amides is 1. The summed E-state index contributed by atoms with van der Waals surface area (Å²) in [5.74, 6) is 1.48. The van der Waals surface area contributed by atoms with Crippen molar-refractivity contribution in [2.45, 2.75) is 43.8 Å². The van der Waals surface area contributed by atoms with Crippen LogP contribution in [0.15, 0.2) is 64.9 Å². The molecule has 2 heterocycles. The summed E-state index contributed by atoms with van der Waals surface area (Å²) in [6, 6.07) is 17.8. The Kier molecular flexibility index (Phi) is 7.64. The lowest BCUT2D eigenvalue weighted by Crippen LogP contribution is -2.15. The minimum atomic E-state index is -0.0825. The van der Waals surface area contributed by atoms with Gasteiger partial charge in [0, 0.05) is 22.8 Å². The lowest BCUT2D eigenvalue weighted by Gasteiger charge is -2.11. The minimum Gasteiger partial charge on any atom is -0.325 e. The second kappa shape index (κ2) is 10.8. The second-order valence-electron chi connectivity index (χ2n) is 7.88. The molecule has 1 amide bonds. The fourth-order valence-corrected chi connectivity index (χ4v) is 5.05. The molecule has 2 aromatic heterocycles. The molecule has 9 heteroatoms. The van der Waals surface area contributed by atoms with Gasteiger partial charge in [0.05, 0.1) is 11.5 Å². The zero-order chi connectivity index (χ0) is 24.1. The highest BCUT2D eigenvalue weighted by atomic mass is 32.2. The second-order valence-corrected chi connectivity index (χ2v) is 9.76. The molecule has 4 aromatic rings. The number of aromatic nitrogens is 5. The van der Waals surface area contributed by atoms with Gasteiger partial charge in [-0.3, -0.25) is 9.36 Å². The average molecular weight is 491 g/mol. The first-order valence-corrected chi connectivity index (χ1v) is 12.8. The van der Waals surface area contributed by atoms with E-state index in [0.29, 0.717) is 16.1 Å². The van der Waals surface area contributed by atoms with Crippen LogP contribution >= 0.6 is 23.5 Å². The van der Waals surface area contributed by atoms with Gasteiger partial charge in [-0.25, -0.2) is 9.97 Å². The summed E-state index contributed by atoms with van der Waals surface area (Å²) in [4.78, 5) is 21.7. The molecule has 0 radical (unpaired) electrons. The summed E-state index contributed by atoms with van der Waals surface area (Å²) in [5, 5.41) is 13.2. The molecule has 0 unspecified atom stereocenters.